The van der Waals surface area contributed by atoms with Gasteiger partial charge in [-0.15, -0.1) is 11.6 Å². The molecule has 0 atom stereocenters. The zero-order valence-electron chi connectivity index (χ0n) is 8.71. The van der Waals surface area contributed by atoms with Crippen molar-refractivity contribution in [2.24, 2.45) is 0 Å². The molecule has 1 rings (SSSR count). The number of alkyl halides is 1. The second-order valence-electron chi connectivity index (χ2n) is 2.76. The van der Waals surface area contributed by atoms with E-state index >= 15 is 0 Å². The average Bonchev–Trinajstić information content (AvgIpc) is 2.25. The fourth-order valence-electron chi connectivity index (χ4n) is 0.852. The number of benzene rings is 1. The van der Waals surface area contributed by atoms with E-state index in [2.05, 4.69) is 17.0 Å². The maximum Gasteiger partial charge on any atom is 0.316 e. The van der Waals surface area contributed by atoms with Crippen LogP contribution in [-0.2, 0) is 9.15 Å². The smallest absolute Gasteiger partial charge is 0.316 e. The quantitative estimate of drug-likeness (QED) is 0.341. The summed E-state index contributed by atoms with van der Waals surface area (Å²) in [5.41, 5.74) is 0.669. The molecule has 17 heavy (non-hydrogen) atoms. The number of carbonyl (C=O) groups is 1. The van der Waals surface area contributed by atoms with Gasteiger partial charge in [0.15, 0.2) is 0 Å². The van der Waals surface area contributed by atoms with Gasteiger partial charge >= 0.3 is 9.15 Å². The summed E-state index contributed by atoms with van der Waals surface area (Å²) >= 11 is 8.07. The topological polar surface area (TPSA) is 83.5 Å². The van der Waals surface area contributed by atoms with Crippen molar-refractivity contribution in [3.8, 4) is 0 Å². The molecule has 1 aromatic carbocycles. The van der Waals surface area contributed by atoms with Gasteiger partial charge in [0, 0.05) is 18.0 Å². The molecule has 0 aliphatic rings. The highest BCUT2D eigenvalue weighted by Gasteiger charge is 2.01. The minimum absolute atomic E-state index is 0.0729. The number of rotatable bonds is 3. The number of carbonyl (C=O) groups excluding carboxylic acids is 1. The lowest BCUT2D eigenvalue weighted by Gasteiger charge is -2.01. The van der Waals surface area contributed by atoms with Crippen LogP contribution in [0, 0.1) is 0 Å². The molecule has 0 fully saturated rings. The summed E-state index contributed by atoms with van der Waals surface area (Å²) in [5.74, 6) is 0.370. The van der Waals surface area contributed by atoms with Crippen molar-refractivity contribution in [1.29, 1.82) is 0 Å². The summed E-state index contributed by atoms with van der Waals surface area (Å²) < 4.78 is 25.5. The lowest BCUT2D eigenvalue weighted by Crippen LogP contribution is -2.25. The van der Waals surface area contributed by atoms with Gasteiger partial charge in [-0.05, 0) is 23.8 Å². The molecule has 0 saturated heterocycles. The van der Waals surface area contributed by atoms with Crippen LogP contribution in [0.4, 0.5) is 0 Å². The first-order valence-electron chi connectivity index (χ1n) is 4.43. The molecule has 1 aromatic rings. The normalized spacial score (nSPS) is 10.1. The molecule has 0 unspecified atom stereocenters. The summed E-state index contributed by atoms with van der Waals surface area (Å²) in [6, 6.07) is 9.07. The molecule has 0 spiro atoms. The molecule has 2 N–H and O–H groups in total. The van der Waals surface area contributed by atoms with E-state index in [9.17, 15) is 4.79 Å². The molecule has 8 heteroatoms. The largest absolute Gasteiger partial charge is 0.351 e. The third-order valence-corrected chi connectivity index (χ3v) is 1.61. The second kappa shape index (κ2) is 8.35. The third-order valence-electron chi connectivity index (χ3n) is 1.42. The van der Waals surface area contributed by atoms with E-state index in [1.807, 2.05) is 18.2 Å². The molecule has 1 amide bonds. The number of halogens is 1. The number of hydrogen-bond acceptors (Lipinski definition) is 3. The Morgan fingerprint density at radius 2 is 1.82 bits per heavy atom. The number of amides is 1. The Morgan fingerprint density at radius 3 is 2.24 bits per heavy atom. The highest BCUT2D eigenvalue weighted by Crippen LogP contribution is 1.97. The Kier molecular flexibility index (Phi) is 7.98. The fraction of sp³-hybridized carbons (Fsp3) is 0.222. The van der Waals surface area contributed by atoms with Gasteiger partial charge in [0.05, 0.1) is 0 Å². The Balaban J connectivity index is 0.000000437. The first-order chi connectivity index (χ1) is 7.84. The van der Waals surface area contributed by atoms with E-state index in [-0.39, 0.29) is 5.91 Å². The average molecular weight is 298 g/mol. The lowest BCUT2D eigenvalue weighted by molar-refractivity contribution is 0.0956. The van der Waals surface area contributed by atoms with Crippen LogP contribution in [0.1, 0.15) is 10.4 Å². The molecule has 0 bridgehead atoms. The van der Waals surface area contributed by atoms with Crippen molar-refractivity contribution in [1.82, 2.24) is 5.32 Å². The van der Waals surface area contributed by atoms with Gasteiger partial charge < -0.3 is 5.32 Å². The Hall–Kier alpha value is -0.760. The summed E-state index contributed by atoms with van der Waals surface area (Å²) in [5, 5.41) is 2.68. The van der Waals surface area contributed by atoms with Gasteiger partial charge in [0.1, 0.15) is 0 Å². The van der Waals surface area contributed by atoms with Gasteiger partial charge in [0.25, 0.3) is 5.91 Å². The molecule has 0 heterocycles. The molecule has 5 nitrogen and oxygen atoms in total. The van der Waals surface area contributed by atoms with Crippen LogP contribution in [0.25, 0.3) is 0 Å². The van der Waals surface area contributed by atoms with Crippen molar-refractivity contribution in [2.45, 2.75) is 0 Å². The molecule has 0 aliphatic carbocycles. The summed E-state index contributed by atoms with van der Waals surface area (Å²) in [4.78, 5) is 11.2. The van der Waals surface area contributed by atoms with Crippen LogP contribution < -0.4 is 5.32 Å². The monoisotopic (exact) mass is 297 g/mol. The second-order valence-corrected chi connectivity index (χ2v) is 5.42. The molecule has 0 radical (unpaired) electrons. The molecule has 0 aromatic heterocycles. The summed E-state index contributed by atoms with van der Waals surface area (Å²) in [6.45, 7) is 0.509. The summed E-state index contributed by atoms with van der Waals surface area (Å²) in [6.07, 6.45) is 0. The van der Waals surface area contributed by atoms with E-state index in [0.717, 1.165) is 0 Å². The van der Waals surface area contributed by atoms with Crippen LogP contribution in [0.2, 0.25) is 0 Å². The van der Waals surface area contributed by atoms with Gasteiger partial charge in [-0.25, -0.2) is 0 Å². The minimum Gasteiger partial charge on any atom is -0.351 e. The van der Waals surface area contributed by atoms with Crippen LogP contribution in [0.5, 0.6) is 0 Å². The van der Waals surface area contributed by atoms with Crippen LogP contribution >= 0.6 is 23.3 Å². The van der Waals surface area contributed by atoms with Crippen LogP contribution in [0.15, 0.2) is 30.3 Å². The number of hydrogen-bond donors (Lipinski definition) is 3. The van der Waals surface area contributed by atoms with Crippen molar-refractivity contribution in [3.05, 3.63) is 35.9 Å². The Labute approximate surface area is 110 Å². The van der Waals surface area contributed by atoms with Crippen molar-refractivity contribution in [2.75, 3.05) is 12.4 Å². The first kappa shape index (κ1) is 16.2. The highest BCUT2D eigenvalue weighted by atomic mass is 35.5. The molecule has 0 saturated carbocycles. The molecule has 96 valence electrons. The van der Waals surface area contributed by atoms with Crippen LogP contribution in [0.3, 0.4) is 0 Å². The van der Waals surface area contributed by atoms with Crippen molar-refractivity contribution < 1.29 is 17.8 Å². The molecular weight excluding hydrogens is 286 g/mol. The van der Waals surface area contributed by atoms with Crippen molar-refractivity contribution in [3.63, 3.8) is 0 Å². The molecule has 0 aliphatic heterocycles. The maximum atomic E-state index is 11.2. The molecular formula is C9H12ClNO4S2. The summed E-state index contributed by atoms with van der Waals surface area (Å²) in [7, 11) is -3.97. The number of nitrogens with one attached hydrogen (secondary N) is 1. The predicted molar refractivity (Wildman–Crippen MR) is 70.0 cm³/mol. The Morgan fingerprint density at radius 1 is 1.35 bits per heavy atom. The van der Waals surface area contributed by atoms with Gasteiger partial charge in [-0.1, -0.05) is 18.2 Å². The fourth-order valence-corrected chi connectivity index (χ4v) is 0.947. The first-order valence-corrected chi connectivity index (χ1v) is 7.46. The lowest BCUT2D eigenvalue weighted by atomic mass is 10.2. The maximum absolute atomic E-state index is 11.2. The van der Waals surface area contributed by atoms with E-state index < -0.39 is 9.15 Å². The zero-order valence-corrected chi connectivity index (χ0v) is 11.2. The van der Waals surface area contributed by atoms with E-state index in [1.54, 1.807) is 12.1 Å². The third kappa shape index (κ3) is 11.5. The van der Waals surface area contributed by atoms with Gasteiger partial charge in [0.2, 0.25) is 0 Å². The van der Waals surface area contributed by atoms with Gasteiger partial charge in [-0.3, -0.25) is 9.35 Å². The highest BCUT2D eigenvalue weighted by molar-refractivity contribution is 8.61. The zero-order chi connectivity index (χ0) is 13.3. The van der Waals surface area contributed by atoms with Gasteiger partial charge in [-0.2, -0.15) is 8.42 Å². The van der Waals surface area contributed by atoms with Crippen LogP contribution in [-0.4, -0.2) is 31.3 Å². The predicted octanol–water partition coefficient (Wildman–Crippen LogP) is 1.37. The SMILES string of the molecule is O=C(NCCCl)c1ccccc1.O=S(=O)(O)S. The number of thiol groups is 1. The van der Waals surface area contributed by atoms with Crippen molar-refractivity contribution >= 4 is 38.3 Å². The Bertz CT molecular complexity index is 428. The standard InChI is InChI=1S/C9H10ClNO.H2O3S2/c10-6-7-11-9(12)8-4-2-1-3-5-8;1-5(2,3)4/h1-5H,6-7H2,(H,11,12);(H2,1,2,3,4). The van der Waals surface area contributed by atoms with E-state index in [1.165, 1.54) is 0 Å². The van der Waals surface area contributed by atoms with E-state index in [0.29, 0.717) is 18.0 Å². The van der Waals surface area contributed by atoms with E-state index in [4.69, 9.17) is 24.6 Å². The minimum atomic E-state index is -3.97.